The monoisotopic (exact) mass is 420 g/mol. The maximum Gasteiger partial charge on any atom is 0.336 e. The Bertz CT molecular complexity index is 817. The van der Waals surface area contributed by atoms with E-state index in [1.807, 2.05) is 18.2 Å². The highest BCUT2D eigenvalue weighted by Crippen LogP contribution is 2.42. The fraction of sp³-hybridized carbons (Fsp3) is 0.455. The quantitative estimate of drug-likeness (QED) is 0.466. The Balaban J connectivity index is 2.62. The number of esters is 2. The summed E-state index contributed by atoms with van der Waals surface area (Å²) in [4.78, 5) is 25.7. The standard InChI is InChI=1S/C22H29ClN2O4/c1-4-29-22(27)20-17(12-6-5-9-13-24)25-14(2)18(21(26)28-3)19(20)15-10-7-8-11-16(15)23/h7-8,10-11,19,25H,4-6,9,12-13,24H2,1-3H3/t19-/m0/s1. The predicted octanol–water partition coefficient (Wildman–Crippen LogP) is 3.81. The third kappa shape index (κ3) is 5.40. The highest BCUT2D eigenvalue weighted by atomic mass is 35.5. The van der Waals surface area contributed by atoms with Crippen LogP contribution >= 0.6 is 11.6 Å². The summed E-state index contributed by atoms with van der Waals surface area (Å²) in [6.45, 7) is 4.42. The van der Waals surface area contributed by atoms with Crippen molar-refractivity contribution in [1.82, 2.24) is 5.32 Å². The second-order valence-electron chi connectivity index (χ2n) is 6.82. The lowest BCUT2D eigenvalue weighted by Crippen LogP contribution is -2.33. The van der Waals surface area contributed by atoms with Crippen molar-refractivity contribution in [1.29, 1.82) is 0 Å². The van der Waals surface area contributed by atoms with Gasteiger partial charge in [-0.3, -0.25) is 0 Å². The Morgan fingerprint density at radius 2 is 1.86 bits per heavy atom. The van der Waals surface area contributed by atoms with Gasteiger partial charge in [0.05, 0.1) is 30.8 Å². The topological polar surface area (TPSA) is 90.6 Å². The zero-order valence-electron chi connectivity index (χ0n) is 17.2. The minimum Gasteiger partial charge on any atom is -0.466 e. The molecule has 1 aliphatic heterocycles. The van der Waals surface area contributed by atoms with Crippen LogP contribution in [0.15, 0.2) is 46.8 Å². The molecular formula is C22H29ClN2O4. The van der Waals surface area contributed by atoms with Crippen molar-refractivity contribution in [3.63, 3.8) is 0 Å². The van der Waals surface area contributed by atoms with Crippen LogP contribution in [0.3, 0.4) is 0 Å². The molecule has 1 aromatic carbocycles. The van der Waals surface area contributed by atoms with Gasteiger partial charge in [0.25, 0.3) is 0 Å². The molecule has 0 radical (unpaired) electrons. The minimum absolute atomic E-state index is 0.230. The number of halogens is 1. The Hall–Kier alpha value is -2.31. The minimum atomic E-state index is -0.666. The van der Waals surface area contributed by atoms with Gasteiger partial charge in [0.2, 0.25) is 0 Å². The average molecular weight is 421 g/mol. The smallest absolute Gasteiger partial charge is 0.336 e. The van der Waals surface area contributed by atoms with E-state index in [0.29, 0.717) is 40.4 Å². The number of rotatable bonds is 9. The van der Waals surface area contributed by atoms with Gasteiger partial charge in [-0.1, -0.05) is 36.2 Å². The molecule has 0 bridgehead atoms. The first-order valence-corrected chi connectivity index (χ1v) is 10.2. The normalized spacial score (nSPS) is 16.5. The Kier molecular flexibility index (Phi) is 8.73. The van der Waals surface area contributed by atoms with Gasteiger partial charge in [0.1, 0.15) is 0 Å². The van der Waals surface area contributed by atoms with Crippen LogP contribution in [0.5, 0.6) is 0 Å². The number of allylic oxidation sites excluding steroid dienone is 2. The summed E-state index contributed by atoms with van der Waals surface area (Å²) < 4.78 is 10.4. The van der Waals surface area contributed by atoms with E-state index in [4.69, 9.17) is 26.8 Å². The Morgan fingerprint density at radius 3 is 2.48 bits per heavy atom. The molecule has 0 unspecified atom stereocenters. The van der Waals surface area contributed by atoms with Gasteiger partial charge >= 0.3 is 11.9 Å². The van der Waals surface area contributed by atoms with Crippen LogP contribution in [0.25, 0.3) is 0 Å². The number of nitrogens with one attached hydrogen (secondary N) is 1. The Labute approximate surface area is 177 Å². The summed E-state index contributed by atoms with van der Waals surface area (Å²) >= 11 is 6.48. The second-order valence-corrected chi connectivity index (χ2v) is 7.23. The third-order valence-corrected chi connectivity index (χ3v) is 5.24. The largest absolute Gasteiger partial charge is 0.466 e. The van der Waals surface area contributed by atoms with Crippen LogP contribution in [-0.2, 0) is 19.1 Å². The van der Waals surface area contributed by atoms with Crippen molar-refractivity contribution in [2.24, 2.45) is 5.73 Å². The van der Waals surface area contributed by atoms with Crippen molar-refractivity contribution in [3.8, 4) is 0 Å². The predicted molar refractivity (Wildman–Crippen MR) is 113 cm³/mol. The summed E-state index contributed by atoms with van der Waals surface area (Å²) in [7, 11) is 1.32. The van der Waals surface area contributed by atoms with E-state index >= 15 is 0 Å². The van der Waals surface area contributed by atoms with Crippen molar-refractivity contribution in [2.45, 2.75) is 45.4 Å². The third-order valence-electron chi connectivity index (χ3n) is 4.89. The number of ether oxygens (including phenoxy) is 2. The van der Waals surface area contributed by atoms with Gasteiger partial charge < -0.3 is 20.5 Å². The van der Waals surface area contributed by atoms with E-state index in [2.05, 4.69) is 5.32 Å². The molecule has 1 atom stereocenters. The lowest BCUT2D eigenvalue weighted by Gasteiger charge is -2.32. The summed E-state index contributed by atoms with van der Waals surface area (Å²) in [5, 5.41) is 3.72. The van der Waals surface area contributed by atoms with E-state index < -0.39 is 17.9 Å². The fourth-order valence-electron chi connectivity index (χ4n) is 3.57. The van der Waals surface area contributed by atoms with Gasteiger partial charge in [-0.25, -0.2) is 9.59 Å². The number of nitrogens with two attached hydrogens (primary N) is 1. The van der Waals surface area contributed by atoms with Crippen molar-refractivity contribution < 1.29 is 19.1 Å². The van der Waals surface area contributed by atoms with Crippen molar-refractivity contribution >= 4 is 23.5 Å². The summed E-state index contributed by atoms with van der Waals surface area (Å²) in [5.74, 6) is -1.64. The van der Waals surface area contributed by atoms with E-state index in [1.54, 1.807) is 19.9 Å². The first-order valence-electron chi connectivity index (χ1n) is 9.86. The second kappa shape index (κ2) is 11.0. The number of methoxy groups -OCH3 is 1. The molecular weight excluding hydrogens is 392 g/mol. The summed E-state index contributed by atoms with van der Waals surface area (Å²) in [6.07, 6.45) is 3.36. The Morgan fingerprint density at radius 1 is 1.14 bits per heavy atom. The van der Waals surface area contributed by atoms with Gasteiger partial charge in [-0.2, -0.15) is 0 Å². The van der Waals surface area contributed by atoms with Crippen LogP contribution in [-0.4, -0.2) is 32.2 Å². The molecule has 1 heterocycles. The highest BCUT2D eigenvalue weighted by molar-refractivity contribution is 6.31. The highest BCUT2D eigenvalue weighted by Gasteiger charge is 2.39. The zero-order chi connectivity index (χ0) is 21.4. The molecule has 0 spiro atoms. The van der Waals surface area contributed by atoms with Crippen LogP contribution in [0.4, 0.5) is 0 Å². The van der Waals surface area contributed by atoms with Gasteiger partial charge in [-0.15, -0.1) is 0 Å². The lowest BCUT2D eigenvalue weighted by molar-refractivity contribution is -0.139. The first kappa shape index (κ1) is 23.0. The SMILES string of the molecule is CCOC(=O)C1=C(CCCCCN)NC(C)=C(C(=O)OC)[C@@H]1c1ccccc1Cl. The molecule has 158 valence electrons. The zero-order valence-corrected chi connectivity index (χ0v) is 18.0. The van der Waals surface area contributed by atoms with Gasteiger partial charge in [-0.05, 0) is 51.3 Å². The molecule has 1 aliphatic rings. The van der Waals surface area contributed by atoms with Crippen LogP contribution in [0.2, 0.25) is 5.02 Å². The molecule has 0 amide bonds. The molecule has 29 heavy (non-hydrogen) atoms. The van der Waals surface area contributed by atoms with Crippen molar-refractivity contribution in [2.75, 3.05) is 20.3 Å². The molecule has 3 N–H and O–H groups in total. The average Bonchev–Trinajstić information content (AvgIpc) is 2.70. The molecule has 0 aliphatic carbocycles. The number of benzene rings is 1. The van der Waals surface area contributed by atoms with E-state index in [0.717, 1.165) is 25.0 Å². The number of dihydropyridines is 1. The number of carbonyl (C=O) groups excluding carboxylic acids is 2. The molecule has 7 heteroatoms. The van der Waals surface area contributed by atoms with Crippen LogP contribution < -0.4 is 11.1 Å². The lowest BCUT2D eigenvalue weighted by atomic mass is 9.79. The number of hydrogen-bond donors (Lipinski definition) is 2. The summed E-state index contributed by atoms with van der Waals surface area (Å²) in [5.41, 5.74) is 8.40. The number of hydrogen-bond acceptors (Lipinski definition) is 6. The molecule has 0 fully saturated rings. The first-order chi connectivity index (χ1) is 14.0. The van der Waals surface area contributed by atoms with Crippen molar-refractivity contribution in [3.05, 3.63) is 57.4 Å². The fourth-order valence-corrected chi connectivity index (χ4v) is 3.81. The number of carbonyl (C=O) groups is 2. The molecule has 0 saturated carbocycles. The number of unbranched alkanes of at least 4 members (excludes halogenated alkanes) is 2. The molecule has 0 saturated heterocycles. The van der Waals surface area contributed by atoms with Crippen LogP contribution in [0.1, 0.15) is 51.0 Å². The van der Waals surface area contributed by atoms with E-state index in [1.165, 1.54) is 7.11 Å². The maximum atomic E-state index is 13.0. The summed E-state index contributed by atoms with van der Waals surface area (Å²) in [6, 6.07) is 7.20. The molecule has 6 nitrogen and oxygen atoms in total. The van der Waals surface area contributed by atoms with E-state index in [9.17, 15) is 9.59 Å². The molecule has 1 aromatic rings. The maximum absolute atomic E-state index is 13.0. The van der Waals surface area contributed by atoms with Crippen LogP contribution in [0, 0.1) is 0 Å². The van der Waals surface area contributed by atoms with Gasteiger partial charge in [0, 0.05) is 16.4 Å². The molecule has 2 rings (SSSR count). The van der Waals surface area contributed by atoms with Gasteiger partial charge in [0.15, 0.2) is 0 Å². The molecule has 0 aromatic heterocycles. The van der Waals surface area contributed by atoms with E-state index in [-0.39, 0.29) is 6.61 Å².